The van der Waals surface area contributed by atoms with Crippen molar-refractivity contribution in [2.75, 3.05) is 6.79 Å². The zero-order chi connectivity index (χ0) is 25.2. The molecule has 1 N–H and O–H groups in total. The molecule has 0 spiro atoms. The minimum atomic E-state index is -0.660. The Morgan fingerprint density at radius 2 is 1.78 bits per heavy atom. The Balaban J connectivity index is 1.59. The van der Waals surface area contributed by atoms with Crippen molar-refractivity contribution in [3.8, 4) is 23.0 Å². The van der Waals surface area contributed by atoms with Gasteiger partial charge in [0, 0.05) is 24.3 Å². The molecule has 2 atom stereocenters. The van der Waals surface area contributed by atoms with Crippen LogP contribution in [0.5, 0.6) is 23.0 Å². The van der Waals surface area contributed by atoms with Crippen molar-refractivity contribution in [1.82, 2.24) is 0 Å². The maximum atomic E-state index is 13.3. The first kappa shape index (κ1) is 23.9. The van der Waals surface area contributed by atoms with Crippen LogP contribution in [0.3, 0.4) is 0 Å². The Hall–Kier alpha value is -3.81. The zero-order valence-corrected chi connectivity index (χ0v) is 20.1. The lowest BCUT2D eigenvalue weighted by Crippen LogP contribution is -2.23. The van der Waals surface area contributed by atoms with Crippen LogP contribution in [0.1, 0.15) is 84.8 Å². The Kier molecular flexibility index (Phi) is 6.67. The molecule has 0 radical (unpaired) electrons. The van der Waals surface area contributed by atoms with Gasteiger partial charge in [-0.2, -0.15) is 0 Å². The van der Waals surface area contributed by atoms with Gasteiger partial charge < -0.3 is 24.1 Å². The molecule has 0 aromatic heterocycles. The number of allylic oxidation sites excluding steroid dienone is 1. The third-order valence-corrected chi connectivity index (χ3v) is 6.78. The molecule has 0 saturated heterocycles. The number of hydrogen-bond acceptors (Lipinski definition) is 8. The van der Waals surface area contributed by atoms with E-state index >= 15 is 0 Å². The number of esters is 2. The average Bonchev–Trinajstić information content (AvgIpc) is 3.30. The van der Waals surface area contributed by atoms with Gasteiger partial charge in [-0.25, -0.2) is 4.79 Å². The van der Waals surface area contributed by atoms with E-state index in [9.17, 15) is 19.5 Å². The normalized spacial score (nSPS) is 22.2. The lowest BCUT2D eigenvalue weighted by atomic mass is 9.83. The number of cyclic esters (lactones) is 1. The van der Waals surface area contributed by atoms with E-state index in [2.05, 4.69) is 0 Å². The summed E-state index contributed by atoms with van der Waals surface area (Å²) in [5, 5.41) is 11.5. The van der Waals surface area contributed by atoms with Crippen molar-refractivity contribution in [3.05, 3.63) is 52.6 Å². The lowest BCUT2D eigenvalue weighted by molar-refractivity contribution is -0.135. The molecule has 3 heterocycles. The van der Waals surface area contributed by atoms with Crippen LogP contribution in [-0.2, 0) is 14.3 Å². The van der Waals surface area contributed by atoms with Gasteiger partial charge in [-0.05, 0) is 61.9 Å². The van der Waals surface area contributed by atoms with E-state index < -0.39 is 24.0 Å². The van der Waals surface area contributed by atoms with Crippen LogP contribution >= 0.6 is 0 Å². The summed E-state index contributed by atoms with van der Waals surface area (Å²) in [6.07, 6.45) is 6.59. The molecule has 0 amide bonds. The number of fused-ring (bicyclic) bond motifs is 3. The van der Waals surface area contributed by atoms with Crippen LogP contribution in [0, 0.1) is 0 Å². The standard InChI is InChI=1S/C28H28O8/c1-16-6-5-9-19(29)8-4-2-3-7-18-13-23-26(27(31)25(18)28(32)35-16)20(14-24(30)36-23)17-10-11-21-22(12-17)34-15-33-21/h3,7,10-13,16,20,31H,2,4-6,8-9,14-15H2,1H3/t16-,20-/m1/s1. The first-order chi connectivity index (χ1) is 17.4. The largest absolute Gasteiger partial charge is 0.507 e. The van der Waals surface area contributed by atoms with Crippen LogP contribution in [0.2, 0.25) is 0 Å². The van der Waals surface area contributed by atoms with Gasteiger partial charge in [0.1, 0.15) is 22.8 Å². The number of aromatic hydroxyl groups is 1. The number of ether oxygens (including phenoxy) is 4. The Morgan fingerprint density at radius 3 is 2.64 bits per heavy atom. The number of hydrogen-bond donors (Lipinski definition) is 1. The van der Waals surface area contributed by atoms with Gasteiger partial charge in [-0.3, -0.25) is 9.59 Å². The monoisotopic (exact) mass is 492 g/mol. The summed E-state index contributed by atoms with van der Waals surface area (Å²) in [4.78, 5) is 37.9. The number of benzene rings is 2. The van der Waals surface area contributed by atoms with Crippen LogP contribution in [-0.4, -0.2) is 35.7 Å². The molecular formula is C28H28O8. The van der Waals surface area contributed by atoms with Gasteiger partial charge in [0.05, 0.1) is 12.5 Å². The molecule has 0 aliphatic carbocycles. The van der Waals surface area contributed by atoms with Crippen LogP contribution in [0.15, 0.2) is 30.3 Å². The number of rotatable bonds is 1. The quantitative estimate of drug-likeness (QED) is 0.436. The Morgan fingerprint density at radius 1 is 0.972 bits per heavy atom. The van der Waals surface area contributed by atoms with E-state index in [1.54, 1.807) is 31.2 Å². The first-order valence-corrected chi connectivity index (χ1v) is 12.3. The number of Topliss-reactive ketones (excluding diaryl/α,β-unsaturated/α-hetero) is 1. The van der Waals surface area contributed by atoms with Gasteiger partial charge in [0.25, 0.3) is 0 Å². The SMILES string of the molecule is C[C@@H]1CCCC(=O)CCCC=Cc2cc3c(c(O)c2C(=O)O1)[C@@H](c1ccc2c(c1)OCO2)CC(=O)O3. The highest BCUT2D eigenvalue weighted by Crippen LogP contribution is 2.48. The van der Waals surface area contributed by atoms with Gasteiger partial charge in [0.2, 0.25) is 6.79 Å². The fourth-order valence-electron chi connectivity index (χ4n) is 4.93. The molecule has 0 saturated carbocycles. The van der Waals surface area contributed by atoms with Crippen LogP contribution in [0.25, 0.3) is 6.08 Å². The molecule has 0 fully saturated rings. The summed E-state index contributed by atoms with van der Waals surface area (Å²) in [7, 11) is 0. The number of phenols is 1. The van der Waals surface area contributed by atoms with Gasteiger partial charge in [-0.15, -0.1) is 0 Å². The Labute approximate surface area is 208 Å². The van der Waals surface area contributed by atoms with E-state index in [-0.39, 0.29) is 36.1 Å². The molecule has 0 bridgehead atoms. The summed E-state index contributed by atoms with van der Waals surface area (Å²) in [6.45, 7) is 1.89. The number of ketones is 1. The predicted molar refractivity (Wildman–Crippen MR) is 129 cm³/mol. The fraction of sp³-hybridized carbons (Fsp3) is 0.393. The van der Waals surface area contributed by atoms with Gasteiger partial charge in [0.15, 0.2) is 11.5 Å². The zero-order valence-electron chi connectivity index (χ0n) is 20.1. The number of carbonyl (C=O) groups excluding carboxylic acids is 3. The summed E-state index contributed by atoms with van der Waals surface area (Å²) < 4.78 is 22.1. The average molecular weight is 493 g/mol. The molecule has 8 heteroatoms. The first-order valence-electron chi connectivity index (χ1n) is 12.3. The number of carbonyl (C=O) groups is 3. The molecule has 2 aromatic rings. The van der Waals surface area contributed by atoms with Crippen molar-refractivity contribution in [2.24, 2.45) is 0 Å². The maximum Gasteiger partial charge on any atom is 0.342 e. The van der Waals surface area contributed by atoms with Crippen molar-refractivity contribution in [2.45, 2.75) is 63.9 Å². The highest BCUT2D eigenvalue weighted by Gasteiger charge is 2.36. The molecule has 3 aliphatic heterocycles. The van der Waals surface area contributed by atoms with Crippen molar-refractivity contribution >= 4 is 23.8 Å². The van der Waals surface area contributed by atoms with Gasteiger partial charge >= 0.3 is 11.9 Å². The molecule has 2 aromatic carbocycles. The third-order valence-electron chi connectivity index (χ3n) is 6.78. The maximum absolute atomic E-state index is 13.3. The molecular weight excluding hydrogens is 464 g/mol. The molecule has 3 aliphatic rings. The van der Waals surface area contributed by atoms with Crippen LogP contribution < -0.4 is 14.2 Å². The van der Waals surface area contributed by atoms with Crippen LogP contribution in [0.4, 0.5) is 0 Å². The summed E-state index contributed by atoms with van der Waals surface area (Å²) in [6, 6.07) is 6.95. The highest BCUT2D eigenvalue weighted by molar-refractivity contribution is 5.98. The van der Waals surface area contributed by atoms with E-state index in [4.69, 9.17) is 18.9 Å². The smallest absolute Gasteiger partial charge is 0.342 e. The second kappa shape index (κ2) is 10.0. The van der Waals surface area contributed by atoms with E-state index in [0.29, 0.717) is 61.2 Å². The predicted octanol–water partition coefficient (Wildman–Crippen LogP) is 5.04. The second-order valence-corrected chi connectivity index (χ2v) is 9.39. The molecule has 5 rings (SSSR count). The summed E-state index contributed by atoms with van der Waals surface area (Å²) in [5.41, 5.74) is 1.52. The third kappa shape index (κ3) is 4.80. The Bertz CT molecular complexity index is 1240. The molecule has 36 heavy (non-hydrogen) atoms. The fourth-order valence-corrected chi connectivity index (χ4v) is 4.93. The topological polar surface area (TPSA) is 108 Å². The lowest BCUT2D eigenvalue weighted by Gasteiger charge is -2.27. The minimum absolute atomic E-state index is 0.00565. The van der Waals surface area contributed by atoms with Crippen molar-refractivity contribution < 1.29 is 38.4 Å². The minimum Gasteiger partial charge on any atom is -0.507 e. The van der Waals surface area contributed by atoms with E-state index in [1.165, 1.54) is 0 Å². The van der Waals surface area contributed by atoms with E-state index in [1.807, 2.05) is 12.1 Å². The summed E-state index contributed by atoms with van der Waals surface area (Å²) in [5.74, 6) is -0.345. The van der Waals surface area contributed by atoms with Crippen molar-refractivity contribution in [1.29, 1.82) is 0 Å². The number of phenolic OH excluding ortho intramolecular Hbond substituents is 1. The summed E-state index contributed by atoms with van der Waals surface area (Å²) >= 11 is 0. The second-order valence-electron chi connectivity index (χ2n) is 9.39. The highest BCUT2D eigenvalue weighted by atomic mass is 16.7. The molecule has 0 unspecified atom stereocenters. The van der Waals surface area contributed by atoms with Gasteiger partial charge in [-0.1, -0.05) is 18.2 Å². The van der Waals surface area contributed by atoms with E-state index in [0.717, 1.165) is 5.56 Å². The molecule has 8 nitrogen and oxygen atoms in total. The molecule has 188 valence electrons. The van der Waals surface area contributed by atoms with Crippen molar-refractivity contribution in [3.63, 3.8) is 0 Å².